The van der Waals surface area contributed by atoms with E-state index in [4.69, 9.17) is 28.4 Å². The first-order valence-corrected chi connectivity index (χ1v) is 12.7. The van der Waals surface area contributed by atoms with Gasteiger partial charge in [-0.05, 0) is 56.0 Å². The Morgan fingerprint density at radius 3 is 2.05 bits per heavy atom. The molecule has 11 nitrogen and oxygen atoms in total. The van der Waals surface area contributed by atoms with Gasteiger partial charge in [-0.3, -0.25) is 4.79 Å². The Balaban J connectivity index is 2.13. The molecule has 0 fully saturated rings. The molecule has 212 valence electrons. The maximum Gasteiger partial charge on any atom is 0.513 e. The Hall–Kier alpha value is -4.12. The zero-order valence-corrected chi connectivity index (χ0v) is 22.6. The molecule has 2 aromatic rings. The van der Waals surface area contributed by atoms with E-state index < -0.39 is 36.4 Å². The molecule has 0 aromatic heterocycles. The van der Waals surface area contributed by atoms with E-state index >= 15 is 0 Å². The lowest BCUT2D eigenvalue weighted by Gasteiger charge is -2.20. The van der Waals surface area contributed by atoms with Gasteiger partial charge in [0, 0.05) is 6.54 Å². The average Bonchev–Trinajstić information content (AvgIpc) is 2.94. The fourth-order valence-electron chi connectivity index (χ4n) is 3.24. The van der Waals surface area contributed by atoms with E-state index in [2.05, 4.69) is 5.32 Å². The molecule has 39 heavy (non-hydrogen) atoms. The predicted octanol–water partition coefficient (Wildman–Crippen LogP) is 4.46. The summed E-state index contributed by atoms with van der Waals surface area (Å²) in [6.07, 6.45) is -1.17. The van der Waals surface area contributed by atoms with Gasteiger partial charge in [0.2, 0.25) is 0 Å². The molecule has 0 aliphatic rings. The van der Waals surface area contributed by atoms with Crippen molar-refractivity contribution in [1.29, 1.82) is 0 Å². The molecular weight excluding hydrogens is 510 g/mol. The van der Waals surface area contributed by atoms with Crippen LogP contribution < -0.4 is 14.8 Å². The summed E-state index contributed by atoms with van der Waals surface area (Å²) < 4.78 is 30.7. The maximum absolute atomic E-state index is 12.5. The summed E-state index contributed by atoms with van der Waals surface area (Å²) in [7, 11) is 1.26. The van der Waals surface area contributed by atoms with Crippen molar-refractivity contribution in [3.63, 3.8) is 0 Å². The quantitative estimate of drug-likeness (QED) is 0.205. The molecule has 2 rings (SSSR count). The van der Waals surface area contributed by atoms with Crippen molar-refractivity contribution in [2.24, 2.45) is 0 Å². The predicted molar refractivity (Wildman–Crippen MR) is 140 cm³/mol. The number of carbonyl (C=O) groups is 4. The van der Waals surface area contributed by atoms with E-state index in [9.17, 15) is 19.2 Å². The third-order valence-electron chi connectivity index (χ3n) is 5.14. The molecular formula is C28H35NO10. The van der Waals surface area contributed by atoms with Gasteiger partial charge in [0.15, 0.2) is 11.5 Å². The molecule has 1 unspecified atom stereocenters. The normalized spacial score (nSPS) is 12.0. The lowest BCUT2D eigenvalue weighted by Crippen LogP contribution is -2.43. The highest BCUT2D eigenvalue weighted by atomic mass is 16.7. The molecule has 2 aromatic carbocycles. The zero-order chi connectivity index (χ0) is 28.6. The SMILES string of the molecule is CCCOC(=O)Oc1ccc(C[C@H](NCC(C)OC(=O)c2ccccc2)C(=O)OC)cc1OC(=O)OCCC. The van der Waals surface area contributed by atoms with Crippen LogP contribution in [0.1, 0.15) is 49.5 Å². The van der Waals surface area contributed by atoms with E-state index in [-0.39, 0.29) is 37.7 Å². The van der Waals surface area contributed by atoms with Crippen molar-refractivity contribution in [2.75, 3.05) is 26.9 Å². The van der Waals surface area contributed by atoms with E-state index in [1.54, 1.807) is 43.3 Å². The van der Waals surface area contributed by atoms with Crippen LogP contribution in [0.2, 0.25) is 0 Å². The van der Waals surface area contributed by atoms with Gasteiger partial charge in [0.1, 0.15) is 12.1 Å². The van der Waals surface area contributed by atoms with Gasteiger partial charge in [-0.25, -0.2) is 14.4 Å². The minimum absolute atomic E-state index is 0.0580. The standard InChI is InChI=1S/C28H35NO10/c1-5-14-35-27(32)38-23-13-12-20(17-24(23)39-28(33)36-15-6-2)16-22(26(31)34-4)29-18-19(3)37-25(30)21-10-8-7-9-11-21/h7-13,17,19,22,29H,5-6,14-16,18H2,1-4H3/t19?,22-/m0/s1. The lowest BCUT2D eigenvalue weighted by atomic mass is 10.0. The van der Waals surface area contributed by atoms with Crippen LogP contribution in [0.5, 0.6) is 11.5 Å². The summed E-state index contributed by atoms with van der Waals surface area (Å²) in [4.78, 5) is 48.8. The van der Waals surface area contributed by atoms with Gasteiger partial charge < -0.3 is 33.7 Å². The first-order valence-electron chi connectivity index (χ1n) is 12.7. The van der Waals surface area contributed by atoms with Crippen LogP contribution in [-0.2, 0) is 30.2 Å². The topological polar surface area (TPSA) is 136 Å². The Morgan fingerprint density at radius 2 is 1.46 bits per heavy atom. The highest BCUT2D eigenvalue weighted by molar-refractivity contribution is 5.89. The molecule has 0 saturated carbocycles. The second-order valence-corrected chi connectivity index (χ2v) is 8.45. The van der Waals surface area contributed by atoms with Crippen LogP contribution in [-0.4, -0.2) is 63.3 Å². The highest BCUT2D eigenvalue weighted by Gasteiger charge is 2.23. The third-order valence-corrected chi connectivity index (χ3v) is 5.14. The van der Waals surface area contributed by atoms with Crippen molar-refractivity contribution in [2.45, 2.75) is 52.2 Å². The molecule has 0 aliphatic heterocycles. The van der Waals surface area contributed by atoms with Crippen molar-refractivity contribution in [3.8, 4) is 11.5 Å². The lowest BCUT2D eigenvalue weighted by molar-refractivity contribution is -0.143. The van der Waals surface area contributed by atoms with E-state index in [0.29, 0.717) is 24.0 Å². The van der Waals surface area contributed by atoms with Gasteiger partial charge in [0.05, 0.1) is 25.9 Å². The second kappa shape index (κ2) is 16.7. The molecule has 2 atom stereocenters. The Morgan fingerprint density at radius 1 is 0.846 bits per heavy atom. The smallest absolute Gasteiger partial charge is 0.468 e. The second-order valence-electron chi connectivity index (χ2n) is 8.45. The molecule has 0 heterocycles. The summed E-state index contributed by atoms with van der Waals surface area (Å²) in [6, 6.07) is 12.2. The summed E-state index contributed by atoms with van der Waals surface area (Å²) in [5.41, 5.74) is 0.971. The van der Waals surface area contributed by atoms with Crippen LogP contribution in [0, 0.1) is 0 Å². The van der Waals surface area contributed by atoms with Gasteiger partial charge in [0.25, 0.3) is 0 Å². The van der Waals surface area contributed by atoms with Crippen LogP contribution >= 0.6 is 0 Å². The number of hydrogen-bond donors (Lipinski definition) is 1. The summed E-state index contributed by atoms with van der Waals surface area (Å²) in [6.45, 7) is 5.83. The number of hydrogen-bond acceptors (Lipinski definition) is 11. The molecule has 0 spiro atoms. The maximum atomic E-state index is 12.5. The molecule has 0 amide bonds. The van der Waals surface area contributed by atoms with Crippen LogP contribution in [0.25, 0.3) is 0 Å². The van der Waals surface area contributed by atoms with Gasteiger partial charge >= 0.3 is 24.2 Å². The number of nitrogens with one attached hydrogen (secondary N) is 1. The fourth-order valence-corrected chi connectivity index (χ4v) is 3.24. The highest BCUT2D eigenvalue weighted by Crippen LogP contribution is 2.30. The van der Waals surface area contributed by atoms with Gasteiger partial charge in [-0.2, -0.15) is 0 Å². The molecule has 0 aliphatic carbocycles. The molecule has 11 heteroatoms. The summed E-state index contributed by atoms with van der Waals surface area (Å²) in [5, 5.41) is 3.04. The number of carbonyl (C=O) groups excluding carboxylic acids is 4. The summed E-state index contributed by atoms with van der Waals surface area (Å²) in [5.74, 6) is -1.18. The third kappa shape index (κ3) is 11.0. The fraction of sp³-hybridized carbons (Fsp3) is 0.429. The molecule has 0 bridgehead atoms. The largest absolute Gasteiger partial charge is 0.513 e. The van der Waals surface area contributed by atoms with Crippen LogP contribution in [0.4, 0.5) is 9.59 Å². The van der Waals surface area contributed by atoms with Crippen molar-refractivity contribution < 1.29 is 47.6 Å². The first-order chi connectivity index (χ1) is 18.8. The first kappa shape index (κ1) is 31.1. The Bertz CT molecular complexity index is 1090. The van der Waals surface area contributed by atoms with E-state index in [1.165, 1.54) is 19.2 Å². The molecule has 0 radical (unpaired) electrons. The van der Waals surface area contributed by atoms with Crippen molar-refractivity contribution in [3.05, 3.63) is 59.7 Å². The summed E-state index contributed by atoms with van der Waals surface area (Å²) >= 11 is 0. The average molecular weight is 546 g/mol. The van der Waals surface area contributed by atoms with Gasteiger partial charge in [-0.15, -0.1) is 0 Å². The van der Waals surface area contributed by atoms with Crippen LogP contribution in [0.15, 0.2) is 48.5 Å². The zero-order valence-electron chi connectivity index (χ0n) is 22.6. The van der Waals surface area contributed by atoms with Crippen LogP contribution in [0.3, 0.4) is 0 Å². The number of methoxy groups -OCH3 is 1. The number of rotatable bonds is 14. The Kier molecular flexibility index (Phi) is 13.3. The number of ether oxygens (including phenoxy) is 6. The Labute approximate surface area is 227 Å². The molecule has 0 saturated heterocycles. The monoisotopic (exact) mass is 545 g/mol. The number of esters is 2. The van der Waals surface area contributed by atoms with E-state index in [0.717, 1.165) is 0 Å². The minimum Gasteiger partial charge on any atom is -0.468 e. The number of benzene rings is 2. The van der Waals surface area contributed by atoms with E-state index in [1.807, 2.05) is 13.8 Å². The van der Waals surface area contributed by atoms with Gasteiger partial charge in [-0.1, -0.05) is 38.1 Å². The minimum atomic E-state index is -0.975. The van der Waals surface area contributed by atoms with Crippen molar-refractivity contribution in [1.82, 2.24) is 5.32 Å². The molecule has 1 N–H and O–H groups in total. The van der Waals surface area contributed by atoms with Crippen molar-refractivity contribution >= 4 is 24.2 Å².